The van der Waals surface area contributed by atoms with E-state index >= 15 is 0 Å². The number of carbonyl (C=O) groups excluding carboxylic acids is 1. The van der Waals surface area contributed by atoms with E-state index in [9.17, 15) is 4.79 Å². The second-order valence-corrected chi connectivity index (χ2v) is 6.93. The molecule has 2 rings (SSSR count). The maximum absolute atomic E-state index is 12.5. The predicted octanol–water partition coefficient (Wildman–Crippen LogP) is 1.82. The monoisotopic (exact) mass is 268 g/mol. The third kappa shape index (κ3) is 2.40. The summed E-state index contributed by atoms with van der Waals surface area (Å²) in [6, 6.07) is 0.310. The molecule has 19 heavy (non-hydrogen) atoms. The Labute approximate surface area is 116 Å². The first-order valence-corrected chi connectivity index (χ1v) is 7.52. The molecule has 3 N–H and O–H groups in total. The van der Waals surface area contributed by atoms with Crippen LogP contribution in [-0.2, 0) is 9.53 Å². The van der Waals surface area contributed by atoms with Crippen molar-refractivity contribution in [1.29, 1.82) is 0 Å². The molecule has 0 spiro atoms. The van der Waals surface area contributed by atoms with Crippen molar-refractivity contribution in [2.75, 3.05) is 6.61 Å². The van der Waals surface area contributed by atoms with Crippen LogP contribution >= 0.6 is 0 Å². The summed E-state index contributed by atoms with van der Waals surface area (Å²) in [6.07, 6.45) is 4.08. The first-order valence-electron chi connectivity index (χ1n) is 7.52. The largest absolute Gasteiger partial charge is 0.378 e. The third-order valence-corrected chi connectivity index (χ3v) is 5.27. The average Bonchev–Trinajstić information content (AvgIpc) is 2.74. The lowest BCUT2D eigenvalue weighted by atomic mass is 9.54. The van der Waals surface area contributed by atoms with Crippen LogP contribution in [0.25, 0.3) is 0 Å². The van der Waals surface area contributed by atoms with Crippen LogP contribution in [0.5, 0.6) is 0 Å². The molecule has 4 atom stereocenters. The summed E-state index contributed by atoms with van der Waals surface area (Å²) in [6.45, 7) is 8.96. The molecule has 4 heteroatoms. The van der Waals surface area contributed by atoms with Gasteiger partial charge in [-0.15, -0.1) is 0 Å². The van der Waals surface area contributed by atoms with E-state index in [1.165, 1.54) is 6.42 Å². The molecule has 0 aromatic carbocycles. The van der Waals surface area contributed by atoms with Gasteiger partial charge in [0.05, 0.1) is 6.10 Å². The van der Waals surface area contributed by atoms with Gasteiger partial charge in [0.25, 0.3) is 0 Å². The lowest BCUT2D eigenvalue weighted by Gasteiger charge is -2.57. The lowest BCUT2D eigenvalue weighted by Crippen LogP contribution is -2.76. The van der Waals surface area contributed by atoms with Crippen molar-refractivity contribution >= 4 is 5.91 Å². The highest BCUT2D eigenvalue weighted by molar-refractivity contribution is 5.89. The van der Waals surface area contributed by atoms with Gasteiger partial charge in [0, 0.05) is 24.5 Å². The lowest BCUT2D eigenvalue weighted by molar-refractivity contribution is -0.171. The SMILES string of the molecule is CCOC1CC(N)(C(=O)NC2CCC(C)C2)C1(C)C. The Morgan fingerprint density at radius 1 is 1.42 bits per heavy atom. The van der Waals surface area contributed by atoms with E-state index in [4.69, 9.17) is 10.5 Å². The fourth-order valence-corrected chi connectivity index (χ4v) is 3.47. The first kappa shape index (κ1) is 14.8. The van der Waals surface area contributed by atoms with Crippen LogP contribution in [0, 0.1) is 11.3 Å². The Hall–Kier alpha value is -0.610. The normalized spacial score (nSPS) is 40.8. The summed E-state index contributed by atoms with van der Waals surface area (Å²) in [7, 11) is 0. The van der Waals surface area contributed by atoms with E-state index in [0.717, 1.165) is 12.8 Å². The minimum atomic E-state index is -0.779. The summed E-state index contributed by atoms with van der Waals surface area (Å²) in [4.78, 5) is 12.5. The summed E-state index contributed by atoms with van der Waals surface area (Å²) in [5, 5.41) is 3.15. The van der Waals surface area contributed by atoms with Crippen molar-refractivity contribution in [1.82, 2.24) is 5.32 Å². The molecule has 0 saturated heterocycles. The Morgan fingerprint density at radius 3 is 2.58 bits per heavy atom. The molecule has 2 aliphatic carbocycles. The van der Waals surface area contributed by atoms with E-state index in [1.807, 2.05) is 20.8 Å². The molecule has 2 aliphatic rings. The summed E-state index contributed by atoms with van der Waals surface area (Å²) >= 11 is 0. The molecule has 0 aliphatic heterocycles. The van der Waals surface area contributed by atoms with Gasteiger partial charge in [-0.05, 0) is 32.1 Å². The zero-order valence-corrected chi connectivity index (χ0v) is 12.7. The molecule has 0 radical (unpaired) electrons. The number of carbonyl (C=O) groups is 1. The zero-order valence-electron chi connectivity index (χ0n) is 12.7. The number of hydrogen-bond donors (Lipinski definition) is 2. The van der Waals surface area contributed by atoms with E-state index < -0.39 is 5.54 Å². The highest BCUT2D eigenvalue weighted by Gasteiger charge is 2.63. The van der Waals surface area contributed by atoms with Gasteiger partial charge in [-0.2, -0.15) is 0 Å². The van der Waals surface area contributed by atoms with Gasteiger partial charge in [-0.25, -0.2) is 0 Å². The number of rotatable bonds is 4. The molecule has 4 nitrogen and oxygen atoms in total. The maximum atomic E-state index is 12.5. The van der Waals surface area contributed by atoms with Crippen LogP contribution in [0.4, 0.5) is 0 Å². The van der Waals surface area contributed by atoms with Gasteiger partial charge in [0.15, 0.2) is 0 Å². The minimum absolute atomic E-state index is 0.00699. The van der Waals surface area contributed by atoms with Crippen molar-refractivity contribution in [2.45, 2.75) is 71.1 Å². The molecule has 0 heterocycles. The number of ether oxygens (including phenoxy) is 1. The van der Waals surface area contributed by atoms with Gasteiger partial charge in [-0.3, -0.25) is 4.79 Å². The van der Waals surface area contributed by atoms with Crippen molar-refractivity contribution in [3.05, 3.63) is 0 Å². The quantitative estimate of drug-likeness (QED) is 0.817. The number of hydrogen-bond acceptors (Lipinski definition) is 3. The number of nitrogens with two attached hydrogens (primary N) is 1. The van der Waals surface area contributed by atoms with Crippen LogP contribution < -0.4 is 11.1 Å². The molecule has 110 valence electrons. The molecule has 0 aromatic rings. The second kappa shape index (κ2) is 5.06. The van der Waals surface area contributed by atoms with Crippen LogP contribution in [0.15, 0.2) is 0 Å². The molecular formula is C15H28N2O2. The maximum Gasteiger partial charge on any atom is 0.241 e. The van der Waals surface area contributed by atoms with Crippen LogP contribution in [-0.4, -0.2) is 30.2 Å². The standard InChI is InChI=1S/C15H28N2O2/c1-5-19-12-9-15(16,14(12,3)4)13(18)17-11-7-6-10(2)8-11/h10-12H,5-9,16H2,1-4H3,(H,17,18). The summed E-state index contributed by atoms with van der Waals surface area (Å²) < 4.78 is 5.67. The number of amides is 1. The van der Waals surface area contributed by atoms with Gasteiger partial charge in [0.1, 0.15) is 5.54 Å². The van der Waals surface area contributed by atoms with E-state index in [-0.39, 0.29) is 17.4 Å². The molecular weight excluding hydrogens is 240 g/mol. The third-order valence-electron chi connectivity index (χ3n) is 5.27. The van der Waals surface area contributed by atoms with Gasteiger partial charge in [0.2, 0.25) is 5.91 Å². The molecule has 1 amide bonds. The van der Waals surface area contributed by atoms with E-state index in [0.29, 0.717) is 25.0 Å². The van der Waals surface area contributed by atoms with Gasteiger partial charge >= 0.3 is 0 Å². The second-order valence-electron chi connectivity index (χ2n) is 6.93. The molecule has 0 bridgehead atoms. The van der Waals surface area contributed by atoms with Crippen molar-refractivity contribution < 1.29 is 9.53 Å². The molecule has 0 aromatic heterocycles. The first-order chi connectivity index (χ1) is 8.81. The summed E-state index contributed by atoms with van der Waals surface area (Å²) in [5.41, 5.74) is 5.29. The van der Waals surface area contributed by atoms with Crippen molar-refractivity contribution in [2.24, 2.45) is 17.1 Å². The van der Waals surface area contributed by atoms with Crippen molar-refractivity contribution in [3.63, 3.8) is 0 Å². The molecule has 2 fully saturated rings. The molecule has 4 unspecified atom stereocenters. The van der Waals surface area contributed by atoms with Gasteiger partial charge in [-0.1, -0.05) is 20.8 Å². The van der Waals surface area contributed by atoms with Crippen LogP contribution in [0.1, 0.15) is 53.4 Å². The predicted molar refractivity (Wildman–Crippen MR) is 75.7 cm³/mol. The Bertz CT molecular complexity index is 356. The van der Waals surface area contributed by atoms with Crippen molar-refractivity contribution in [3.8, 4) is 0 Å². The van der Waals surface area contributed by atoms with E-state index in [2.05, 4.69) is 12.2 Å². The van der Waals surface area contributed by atoms with E-state index in [1.54, 1.807) is 0 Å². The smallest absolute Gasteiger partial charge is 0.241 e. The highest BCUT2D eigenvalue weighted by atomic mass is 16.5. The van der Waals surface area contributed by atoms with Crippen LogP contribution in [0.3, 0.4) is 0 Å². The van der Waals surface area contributed by atoms with Crippen LogP contribution in [0.2, 0.25) is 0 Å². The highest BCUT2D eigenvalue weighted by Crippen LogP contribution is 2.50. The fourth-order valence-electron chi connectivity index (χ4n) is 3.47. The molecule has 2 saturated carbocycles. The van der Waals surface area contributed by atoms with Gasteiger partial charge < -0.3 is 15.8 Å². The number of nitrogens with one attached hydrogen (secondary N) is 1. The summed E-state index contributed by atoms with van der Waals surface area (Å²) in [5.74, 6) is 0.720. The Morgan fingerprint density at radius 2 is 2.11 bits per heavy atom. The average molecular weight is 268 g/mol. The fraction of sp³-hybridized carbons (Fsp3) is 0.933. The topological polar surface area (TPSA) is 64.3 Å². The minimum Gasteiger partial charge on any atom is -0.378 e. The Balaban J connectivity index is 1.95. The Kier molecular flexibility index (Phi) is 3.94. The zero-order chi connectivity index (χ0) is 14.3.